The molecule has 0 bridgehead atoms. The van der Waals surface area contributed by atoms with E-state index in [-0.39, 0.29) is 0 Å². The number of hydrogen-bond acceptors (Lipinski definition) is 2. The van der Waals surface area contributed by atoms with Crippen LogP contribution in [0.15, 0.2) is 48.3 Å². The lowest BCUT2D eigenvalue weighted by Gasteiger charge is -2.07. The number of aromatic nitrogens is 1. The Morgan fingerprint density at radius 3 is 3.00 bits per heavy atom. The Balaban J connectivity index is 2.27. The van der Waals surface area contributed by atoms with Crippen LogP contribution in [0.5, 0.6) is 5.75 Å². The number of allylic oxidation sites excluding steroid dienone is 1. The highest BCUT2D eigenvalue weighted by Gasteiger charge is 1.99. The van der Waals surface area contributed by atoms with E-state index in [2.05, 4.69) is 24.9 Å². The summed E-state index contributed by atoms with van der Waals surface area (Å²) in [5, 5.41) is 2.22. The van der Waals surface area contributed by atoms with E-state index in [9.17, 15) is 0 Å². The van der Waals surface area contributed by atoms with Crippen molar-refractivity contribution in [1.29, 1.82) is 0 Å². The van der Waals surface area contributed by atoms with Crippen LogP contribution >= 0.6 is 0 Å². The minimum atomic E-state index is 0.615. The molecule has 1 aromatic heterocycles. The first-order chi connectivity index (χ1) is 7.77. The number of fused-ring (bicyclic) bond motifs is 1. The number of benzene rings is 1. The Morgan fingerprint density at radius 2 is 2.19 bits per heavy atom. The van der Waals surface area contributed by atoms with Crippen LogP contribution in [-0.2, 0) is 0 Å². The van der Waals surface area contributed by atoms with Gasteiger partial charge in [0.25, 0.3) is 0 Å². The van der Waals surface area contributed by atoms with Crippen LogP contribution < -0.4 is 4.74 Å². The SMILES string of the molecule is CC(C)=CCOc1cccc2cnccc12. The van der Waals surface area contributed by atoms with Crippen molar-refractivity contribution in [2.24, 2.45) is 0 Å². The van der Waals surface area contributed by atoms with Crippen molar-refractivity contribution in [2.75, 3.05) is 6.61 Å². The lowest BCUT2D eigenvalue weighted by Crippen LogP contribution is -1.94. The van der Waals surface area contributed by atoms with Gasteiger partial charge in [0.2, 0.25) is 0 Å². The van der Waals surface area contributed by atoms with E-state index in [1.54, 1.807) is 6.20 Å². The summed E-state index contributed by atoms with van der Waals surface area (Å²) in [5.41, 5.74) is 1.27. The van der Waals surface area contributed by atoms with Crippen LogP contribution in [0, 0.1) is 0 Å². The second-order valence-corrected chi connectivity index (χ2v) is 3.95. The standard InChI is InChI=1S/C14H15NO/c1-11(2)7-9-16-14-5-3-4-12-10-15-8-6-13(12)14/h3-8,10H,9H2,1-2H3. The van der Waals surface area contributed by atoms with E-state index in [0.29, 0.717) is 6.61 Å². The van der Waals surface area contributed by atoms with Crippen LogP contribution in [0.1, 0.15) is 13.8 Å². The molecule has 2 rings (SSSR count). The van der Waals surface area contributed by atoms with E-state index in [1.165, 1.54) is 5.57 Å². The summed E-state index contributed by atoms with van der Waals surface area (Å²) in [7, 11) is 0. The van der Waals surface area contributed by atoms with Gasteiger partial charge in [-0.05, 0) is 32.1 Å². The maximum Gasteiger partial charge on any atom is 0.127 e. The molecular weight excluding hydrogens is 198 g/mol. The highest BCUT2D eigenvalue weighted by molar-refractivity contribution is 5.87. The van der Waals surface area contributed by atoms with Gasteiger partial charge >= 0.3 is 0 Å². The van der Waals surface area contributed by atoms with E-state index in [4.69, 9.17) is 4.74 Å². The molecule has 2 nitrogen and oxygen atoms in total. The summed E-state index contributed by atoms with van der Waals surface area (Å²) in [4.78, 5) is 4.10. The number of rotatable bonds is 3. The fraction of sp³-hybridized carbons (Fsp3) is 0.214. The van der Waals surface area contributed by atoms with Crippen molar-refractivity contribution in [3.8, 4) is 5.75 Å². The Kier molecular flexibility index (Phi) is 3.20. The molecule has 0 radical (unpaired) electrons. The lowest BCUT2D eigenvalue weighted by molar-refractivity contribution is 0.366. The molecule has 2 heteroatoms. The van der Waals surface area contributed by atoms with Gasteiger partial charge in [-0.25, -0.2) is 0 Å². The minimum absolute atomic E-state index is 0.615. The summed E-state index contributed by atoms with van der Waals surface area (Å²) < 4.78 is 5.73. The van der Waals surface area contributed by atoms with Gasteiger partial charge in [0.1, 0.15) is 12.4 Å². The van der Waals surface area contributed by atoms with Crippen LogP contribution in [0.2, 0.25) is 0 Å². The first kappa shape index (κ1) is 10.7. The molecule has 0 aliphatic heterocycles. The third-order valence-corrected chi connectivity index (χ3v) is 2.37. The molecule has 0 amide bonds. The summed E-state index contributed by atoms with van der Waals surface area (Å²) >= 11 is 0. The number of nitrogens with zero attached hydrogens (tertiary/aromatic N) is 1. The van der Waals surface area contributed by atoms with Crippen LogP contribution in [-0.4, -0.2) is 11.6 Å². The molecule has 0 spiro atoms. The van der Waals surface area contributed by atoms with Crippen molar-refractivity contribution in [3.05, 3.63) is 48.3 Å². The number of ether oxygens (including phenoxy) is 1. The molecule has 82 valence electrons. The normalized spacial score (nSPS) is 10.1. The van der Waals surface area contributed by atoms with E-state index in [0.717, 1.165) is 16.5 Å². The molecule has 16 heavy (non-hydrogen) atoms. The zero-order chi connectivity index (χ0) is 11.4. The zero-order valence-electron chi connectivity index (χ0n) is 9.60. The zero-order valence-corrected chi connectivity index (χ0v) is 9.60. The molecule has 0 aliphatic carbocycles. The monoisotopic (exact) mass is 213 g/mol. The molecule has 2 aromatic rings. The Hall–Kier alpha value is -1.83. The van der Waals surface area contributed by atoms with Gasteiger partial charge in [0.05, 0.1) is 0 Å². The van der Waals surface area contributed by atoms with Gasteiger partial charge in [0.15, 0.2) is 0 Å². The molecule has 0 fully saturated rings. The van der Waals surface area contributed by atoms with E-state index < -0.39 is 0 Å². The number of hydrogen-bond donors (Lipinski definition) is 0. The first-order valence-corrected chi connectivity index (χ1v) is 5.36. The minimum Gasteiger partial charge on any atom is -0.489 e. The highest BCUT2D eigenvalue weighted by Crippen LogP contribution is 2.24. The number of pyridine rings is 1. The predicted octanol–water partition coefficient (Wildman–Crippen LogP) is 3.58. The fourth-order valence-corrected chi connectivity index (χ4v) is 1.52. The maximum absolute atomic E-state index is 5.73. The molecule has 1 aromatic carbocycles. The quantitative estimate of drug-likeness (QED) is 0.727. The molecule has 0 unspecified atom stereocenters. The third kappa shape index (κ3) is 2.40. The highest BCUT2D eigenvalue weighted by atomic mass is 16.5. The second kappa shape index (κ2) is 4.79. The second-order valence-electron chi connectivity index (χ2n) is 3.95. The topological polar surface area (TPSA) is 22.1 Å². The molecule has 0 N–H and O–H groups in total. The summed E-state index contributed by atoms with van der Waals surface area (Å²) in [6, 6.07) is 7.99. The third-order valence-electron chi connectivity index (χ3n) is 2.37. The fourth-order valence-electron chi connectivity index (χ4n) is 1.52. The molecular formula is C14H15NO. The van der Waals surface area contributed by atoms with Crippen molar-refractivity contribution >= 4 is 10.8 Å². The molecule has 1 heterocycles. The van der Waals surface area contributed by atoms with Crippen molar-refractivity contribution in [2.45, 2.75) is 13.8 Å². The molecule has 0 aliphatic rings. The largest absolute Gasteiger partial charge is 0.489 e. The van der Waals surface area contributed by atoms with Gasteiger partial charge in [0, 0.05) is 23.2 Å². The van der Waals surface area contributed by atoms with Crippen LogP contribution in [0.25, 0.3) is 10.8 Å². The van der Waals surface area contributed by atoms with Crippen LogP contribution in [0.4, 0.5) is 0 Å². The van der Waals surface area contributed by atoms with Crippen molar-refractivity contribution in [3.63, 3.8) is 0 Å². The summed E-state index contributed by atoms with van der Waals surface area (Å²) in [6.07, 6.45) is 5.71. The van der Waals surface area contributed by atoms with Crippen LogP contribution in [0.3, 0.4) is 0 Å². The van der Waals surface area contributed by atoms with Gasteiger partial charge < -0.3 is 4.74 Å². The average molecular weight is 213 g/mol. The Bertz CT molecular complexity index is 508. The van der Waals surface area contributed by atoms with Gasteiger partial charge in [-0.1, -0.05) is 17.7 Å². The van der Waals surface area contributed by atoms with Gasteiger partial charge in [-0.3, -0.25) is 4.98 Å². The van der Waals surface area contributed by atoms with E-state index in [1.807, 2.05) is 30.5 Å². The predicted molar refractivity (Wildman–Crippen MR) is 66.7 cm³/mol. The Morgan fingerprint density at radius 1 is 1.31 bits per heavy atom. The lowest BCUT2D eigenvalue weighted by atomic mass is 10.1. The van der Waals surface area contributed by atoms with Crippen molar-refractivity contribution < 1.29 is 4.74 Å². The maximum atomic E-state index is 5.73. The molecule has 0 saturated heterocycles. The van der Waals surface area contributed by atoms with Gasteiger partial charge in [-0.15, -0.1) is 0 Å². The molecule has 0 atom stereocenters. The summed E-state index contributed by atoms with van der Waals surface area (Å²) in [6.45, 7) is 4.75. The first-order valence-electron chi connectivity index (χ1n) is 5.36. The average Bonchev–Trinajstić information content (AvgIpc) is 2.29. The smallest absolute Gasteiger partial charge is 0.127 e. The molecule has 0 saturated carbocycles. The van der Waals surface area contributed by atoms with Crippen molar-refractivity contribution in [1.82, 2.24) is 4.98 Å². The van der Waals surface area contributed by atoms with E-state index >= 15 is 0 Å². The van der Waals surface area contributed by atoms with Gasteiger partial charge in [-0.2, -0.15) is 0 Å². The summed E-state index contributed by atoms with van der Waals surface area (Å²) in [5.74, 6) is 0.914. The Labute approximate surface area is 95.6 Å².